The fraction of sp³-hybridized carbons (Fsp3) is 0. The van der Waals surface area contributed by atoms with E-state index in [1.807, 2.05) is 30.3 Å². The van der Waals surface area contributed by atoms with E-state index in [1.54, 1.807) is 0 Å². The molecule has 0 radical (unpaired) electrons. The zero-order valence-electron chi connectivity index (χ0n) is 10.1. The number of aromatic amines is 1. The Kier molecular flexibility index (Phi) is 2.66. The maximum atomic E-state index is 4.17. The van der Waals surface area contributed by atoms with Crippen molar-refractivity contribution in [3.05, 3.63) is 84.6 Å². The van der Waals surface area contributed by atoms with Gasteiger partial charge in [0.1, 0.15) is 0 Å². The number of hydrogen-bond acceptors (Lipinski definition) is 0. The van der Waals surface area contributed by atoms with Crippen LogP contribution in [0, 0.1) is 0 Å². The van der Waals surface area contributed by atoms with Crippen LogP contribution in [0.4, 0.5) is 0 Å². The molecule has 3 rings (SSSR count). The molecule has 0 aliphatic carbocycles. The van der Waals surface area contributed by atoms with Gasteiger partial charge in [-0.05, 0) is 17.7 Å². The molecule has 0 atom stereocenters. The van der Waals surface area contributed by atoms with Gasteiger partial charge in [0.15, 0.2) is 0 Å². The number of nitrogens with one attached hydrogen (secondary N) is 1. The molecule has 86 valence electrons. The lowest BCUT2D eigenvalue weighted by atomic mass is 10.0. The third-order valence-electron chi connectivity index (χ3n) is 3.11. The van der Waals surface area contributed by atoms with Gasteiger partial charge in [-0.2, -0.15) is 0 Å². The maximum Gasteiger partial charge on any atom is 0.211 e. The monoisotopic (exact) mass is 232 g/mol. The summed E-state index contributed by atoms with van der Waals surface area (Å²) in [7, 11) is 0. The minimum atomic E-state index is 1.02. The van der Waals surface area contributed by atoms with Crippen molar-refractivity contribution < 1.29 is 4.98 Å². The molecule has 0 bridgehead atoms. The first kappa shape index (κ1) is 10.7. The van der Waals surface area contributed by atoms with E-state index in [0.717, 1.165) is 22.3 Å². The van der Waals surface area contributed by atoms with Crippen molar-refractivity contribution in [3.8, 4) is 0 Å². The van der Waals surface area contributed by atoms with E-state index in [1.165, 1.54) is 5.39 Å². The summed E-state index contributed by atoms with van der Waals surface area (Å²) in [6, 6.07) is 22.7. The predicted molar refractivity (Wildman–Crippen MR) is 75.1 cm³/mol. The fourth-order valence-corrected chi connectivity index (χ4v) is 2.09. The van der Waals surface area contributed by atoms with Gasteiger partial charge in [-0.1, -0.05) is 49.0 Å². The standard InChI is InChI=1S/C17H13N/c1-13(14-7-3-2-4-8-14)16-12-11-15-9-5-6-10-17(15)18-16/h2-12H,1H2/p+1. The first-order chi connectivity index (χ1) is 8.84. The summed E-state index contributed by atoms with van der Waals surface area (Å²) >= 11 is 0. The molecule has 0 aliphatic rings. The van der Waals surface area contributed by atoms with Crippen molar-refractivity contribution in [1.29, 1.82) is 0 Å². The average Bonchev–Trinajstić information content (AvgIpc) is 2.47. The Morgan fingerprint density at radius 2 is 1.50 bits per heavy atom. The third-order valence-corrected chi connectivity index (χ3v) is 3.11. The second kappa shape index (κ2) is 4.46. The zero-order chi connectivity index (χ0) is 12.4. The Labute approximate surface area is 106 Å². The summed E-state index contributed by atoms with van der Waals surface area (Å²) in [5.74, 6) is 0. The highest BCUT2D eigenvalue weighted by Crippen LogP contribution is 2.19. The SMILES string of the molecule is C=C(c1ccccc1)c1ccc2ccccc2[nH+]1. The largest absolute Gasteiger partial charge is 0.211 e. The molecule has 1 N–H and O–H groups in total. The van der Waals surface area contributed by atoms with Gasteiger partial charge >= 0.3 is 0 Å². The molecule has 1 heterocycles. The Morgan fingerprint density at radius 1 is 0.778 bits per heavy atom. The van der Waals surface area contributed by atoms with Crippen LogP contribution < -0.4 is 4.98 Å². The topological polar surface area (TPSA) is 14.1 Å². The Morgan fingerprint density at radius 3 is 2.33 bits per heavy atom. The molecule has 0 saturated carbocycles. The highest BCUT2D eigenvalue weighted by Gasteiger charge is 2.10. The zero-order valence-corrected chi connectivity index (χ0v) is 10.1. The summed E-state index contributed by atoms with van der Waals surface area (Å²) in [5, 5.41) is 1.21. The molecule has 3 aromatic rings. The van der Waals surface area contributed by atoms with Crippen molar-refractivity contribution in [2.75, 3.05) is 0 Å². The Balaban J connectivity index is 2.07. The van der Waals surface area contributed by atoms with Gasteiger partial charge in [-0.3, -0.25) is 0 Å². The fourth-order valence-electron chi connectivity index (χ4n) is 2.09. The number of benzene rings is 2. The van der Waals surface area contributed by atoms with Crippen LogP contribution in [0.25, 0.3) is 16.5 Å². The van der Waals surface area contributed by atoms with Crippen LogP contribution in [0.3, 0.4) is 0 Å². The molecule has 1 heteroatoms. The summed E-state index contributed by atoms with van der Waals surface area (Å²) in [5.41, 5.74) is 4.34. The number of H-pyrrole nitrogens is 1. The van der Waals surface area contributed by atoms with Crippen molar-refractivity contribution in [3.63, 3.8) is 0 Å². The lowest BCUT2D eigenvalue weighted by Crippen LogP contribution is -2.11. The van der Waals surface area contributed by atoms with Gasteiger partial charge in [-0.25, -0.2) is 4.98 Å². The van der Waals surface area contributed by atoms with Crippen LogP contribution in [-0.2, 0) is 0 Å². The molecule has 0 saturated heterocycles. The molecule has 1 nitrogen and oxygen atoms in total. The normalized spacial score (nSPS) is 10.4. The first-order valence-corrected chi connectivity index (χ1v) is 6.00. The maximum absolute atomic E-state index is 4.17. The van der Waals surface area contributed by atoms with Gasteiger partial charge in [0.25, 0.3) is 0 Å². The Hall–Kier alpha value is -2.41. The van der Waals surface area contributed by atoms with Crippen LogP contribution >= 0.6 is 0 Å². The second-order valence-corrected chi connectivity index (χ2v) is 4.30. The molecule has 18 heavy (non-hydrogen) atoms. The second-order valence-electron chi connectivity index (χ2n) is 4.30. The van der Waals surface area contributed by atoms with E-state index in [9.17, 15) is 0 Å². The summed E-state index contributed by atoms with van der Waals surface area (Å²) in [6.07, 6.45) is 0. The minimum Gasteiger partial charge on any atom is -0.204 e. The van der Waals surface area contributed by atoms with Crippen molar-refractivity contribution in [2.24, 2.45) is 0 Å². The van der Waals surface area contributed by atoms with Gasteiger partial charge in [-0.15, -0.1) is 0 Å². The molecule has 0 amide bonds. The predicted octanol–water partition coefficient (Wildman–Crippen LogP) is 3.72. The number of hydrogen-bond donors (Lipinski definition) is 0. The lowest BCUT2D eigenvalue weighted by Gasteiger charge is -2.01. The van der Waals surface area contributed by atoms with Gasteiger partial charge in [0.05, 0.1) is 0 Å². The molecular formula is C17H14N+. The Bertz CT molecular complexity index is 699. The molecule has 0 aliphatic heterocycles. The van der Waals surface area contributed by atoms with Gasteiger partial charge in [0.2, 0.25) is 11.2 Å². The highest BCUT2D eigenvalue weighted by molar-refractivity contribution is 5.79. The van der Waals surface area contributed by atoms with Gasteiger partial charge in [0, 0.05) is 23.1 Å². The van der Waals surface area contributed by atoms with Crippen LogP contribution in [0.15, 0.2) is 73.3 Å². The number of pyridine rings is 1. The van der Waals surface area contributed by atoms with Crippen LogP contribution in [0.2, 0.25) is 0 Å². The summed E-state index contributed by atoms with van der Waals surface area (Å²) in [4.78, 5) is 3.43. The quantitative estimate of drug-likeness (QED) is 0.639. The molecule has 0 fully saturated rings. The highest BCUT2D eigenvalue weighted by atomic mass is 14.7. The van der Waals surface area contributed by atoms with Crippen LogP contribution in [0.1, 0.15) is 11.3 Å². The number of aromatic nitrogens is 1. The molecule has 0 spiro atoms. The van der Waals surface area contributed by atoms with Gasteiger partial charge < -0.3 is 0 Å². The molecular weight excluding hydrogens is 218 g/mol. The van der Waals surface area contributed by atoms with Crippen LogP contribution in [0.5, 0.6) is 0 Å². The lowest BCUT2D eigenvalue weighted by molar-refractivity contribution is -0.348. The van der Waals surface area contributed by atoms with E-state index in [0.29, 0.717) is 0 Å². The number of rotatable bonds is 2. The van der Waals surface area contributed by atoms with E-state index in [-0.39, 0.29) is 0 Å². The van der Waals surface area contributed by atoms with E-state index >= 15 is 0 Å². The smallest absolute Gasteiger partial charge is 0.204 e. The average molecular weight is 232 g/mol. The third kappa shape index (κ3) is 1.91. The van der Waals surface area contributed by atoms with Crippen LogP contribution in [-0.4, -0.2) is 0 Å². The van der Waals surface area contributed by atoms with E-state index in [2.05, 4.69) is 48.0 Å². The minimum absolute atomic E-state index is 1.02. The van der Waals surface area contributed by atoms with Crippen molar-refractivity contribution in [1.82, 2.24) is 0 Å². The van der Waals surface area contributed by atoms with Crippen molar-refractivity contribution in [2.45, 2.75) is 0 Å². The molecule has 1 aromatic heterocycles. The van der Waals surface area contributed by atoms with E-state index in [4.69, 9.17) is 0 Å². The first-order valence-electron chi connectivity index (χ1n) is 6.00. The van der Waals surface area contributed by atoms with Crippen molar-refractivity contribution >= 4 is 16.5 Å². The number of para-hydroxylation sites is 1. The summed E-state index contributed by atoms with van der Waals surface area (Å²) in [6.45, 7) is 4.17. The molecule has 2 aromatic carbocycles. The molecule has 0 unspecified atom stereocenters. The van der Waals surface area contributed by atoms with E-state index < -0.39 is 0 Å². The number of fused-ring (bicyclic) bond motifs is 1. The summed E-state index contributed by atoms with van der Waals surface area (Å²) < 4.78 is 0.